The van der Waals surface area contributed by atoms with Crippen molar-refractivity contribution in [1.82, 2.24) is 19.7 Å². The number of carbonyl (C=O) groups excluding carboxylic acids is 2. The molecule has 2 amide bonds. The van der Waals surface area contributed by atoms with Crippen LogP contribution in [0.3, 0.4) is 0 Å². The fraction of sp³-hybridized carbons (Fsp3) is 0.385. The average molecular weight is 530 g/mol. The molecular weight excluding hydrogens is 497 g/mol. The first kappa shape index (κ1) is 28.4. The van der Waals surface area contributed by atoms with Crippen molar-refractivity contribution in [3.05, 3.63) is 70.5 Å². The van der Waals surface area contributed by atoms with E-state index in [0.717, 1.165) is 30.9 Å². The number of aryl methyl sites for hydroxylation is 1. The molecule has 1 fully saturated rings. The molecule has 1 aromatic carbocycles. The first-order valence-electron chi connectivity index (χ1n) is 12.1. The number of H-pyrrole nitrogens is 1. The van der Waals surface area contributed by atoms with Gasteiger partial charge in [0, 0.05) is 32.1 Å². The molecule has 12 heteroatoms. The van der Waals surface area contributed by atoms with Gasteiger partial charge in [-0.15, -0.1) is 0 Å². The van der Waals surface area contributed by atoms with Crippen molar-refractivity contribution in [2.45, 2.75) is 32.4 Å². The molecule has 0 bridgehead atoms. The molecule has 1 atom stereocenters. The van der Waals surface area contributed by atoms with Gasteiger partial charge in [-0.2, -0.15) is 5.10 Å². The number of aromatic nitrogens is 3. The molecule has 3 heterocycles. The number of pyridine rings is 1. The number of hydrogen-bond donors (Lipinski definition) is 2. The zero-order chi connectivity index (χ0) is 27.5. The predicted octanol–water partition coefficient (Wildman–Crippen LogP) is 2.37. The first-order valence-corrected chi connectivity index (χ1v) is 12.1. The quantitative estimate of drug-likeness (QED) is 0.436. The standard InChI is InChI=1S/C20H26N4O4.C6H6FNO2/c1-15-5-7-17(8-6-15)27-11-9-23(2)19(25)14-24-13-16(12-21-24)22-20(26)18-4-3-10-28-18;1-10-6-2-5(9)4(7)3-8-6/h5-8,12-13,18H,3-4,9-11,14H2,1-2H3,(H,22,26);2-3H,1H3,(H,8,9). The van der Waals surface area contributed by atoms with E-state index in [-0.39, 0.29) is 24.2 Å². The number of amides is 2. The monoisotopic (exact) mass is 529 g/mol. The lowest BCUT2D eigenvalue weighted by molar-refractivity contribution is -0.131. The van der Waals surface area contributed by atoms with E-state index in [4.69, 9.17) is 9.47 Å². The molecule has 1 aliphatic rings. The maximum Gasteiger partial charge on any atom is 0.253 e. The Kier molecular flexibility index (Phi) is 10.4. The van der Waals surface area contributed by atoms with Crippen LogP contribution in [0.2, 0.25) is 0 Å². The highest BCUT2D eigenvalue weighted by Gasteiger charge is 2.24. The third kappa shape index (κ3) is 8.73. The zero-order valence-corrected chi connectivity index (χ0v) is 21.6. The number of benzene rings is 1. The van der Waals surface area contributed by atoms with Crippen LogP contribution < -0.4 is 20.2 Å². The highest BCUT2D eigenvalue weighted by molar-refractivity contribution is 5.94. The summed E-state index contributed by atoms with van der Waals surface area (Å²) >= 11 is 0. The summed E-state index contributed by atoms with van der Waals surface area (Å²) in [4.78, 5) is 38.9. The Hall–Kier alpha value is -4.19. The van der Waals surface area contributed by atoms with Crippen molar-refractivity contribution in [1.29, 1.82) is 0 Å². The van der Waals surface area contributed by atoms with Gasteiger partial charge in [0.15, 0.2) is 11.7 Å². The van der Waals surface area contributed by atoms with E-state index in [0.29, 0.717) is 25.4 Å². The number of aromatic amines is 1. The Morgan fingerprint density at radius 3 is 2.74 bits per heavy atom. The van der Waals surface area contributed by atoms with E-state index in [1.807, 2.05) is 31.2 Å². The number of carbonyl (C=O) groups is 2. The molecule has 0 spiro atoms. The molecular formula is C26H32FN5O6. The molecule has 38 heavy (non-hydrogen) atoms. The third-order valence-electron chi connectivity index (χ3n) is 5.62. The number of halogens is 1. The first-order chi connectivity index (χ1) is 18.2. The predicted molar refractivity (Wildman–Crippen MR) is 138 cm³/mol. The van der Waals surface area contributed by atoms with Crippen LogP contribution in [0.5, 0.6) is 11.6 Å². The number of hydrogen-bond acceptors (Lipinski definition) is 7. The van der Waals surface area contributed by atoms with Crippen LogP contribution in [0.4, 0.5) is 10.1 Å². The molecule has 11 nitrogen and oxygen atoms in total. The van der Waals surface area contributed by atoms with Gasteiger partial charge in [-0.05, 0) is 31.9 Å². The van der Waals surface area contributed by atoms with Crippen molar-refractivity contribution in [2.75, 3.05) is 39.2 Å². The molecule has 3 aromatic rings. The van der Waals surface area contributed by atoms with Crippen LogP contribution in [0, 0.1) is 12.7 Å². The van der Waals surface area contributed by atoms with Crippen molar-refractivity contribution in [3.63, 3.8) is 0 Å². The summed E-state index contributed by atoms with van der Waals surface area (Å²) < 4.78 is 29.4. The maximum atomic E-state index is 12.3. The van der Waals surface area contributed by atoms with E-state index >= 15 is 0 Å². The molecule has 0 radical (unpaired) electrons. The molecule has 1 saturated heterocycles. The normalized spacial score (nSPS) is 14.3. The van der Waals surface area contributed by atoms with Gasteiger partial charge in [-0.3, -0.25) is 19.1 Å². The van der Waals surface area contributed by atoms with Crippen LogP contribution >= 0.6 is 0 Å². The topological polar surface area (TPSA) is 128 Å². The number of anilines is 1. The van der Waals surface area contributed by atoms with Gasteiger partial charge in [0.05, 0.1) is 25.5 Å². The molecule has 0 aliphatic carbocycles. The molecule has 2 N–H and O–H groups in total. The number of methoxy groups -OCH3 is 1. The van der Waals surface area contributed by atoms with Gasteiger partial charge in [0.1, 0.15) is 25.0 Å². The summed E-state index contributed by atoms with van der Waals surface area (Å²) in [5.41, 5.74) is 1.06. The van der Waals surface area contributed by atoms with Gasteiger partial charge >= 0.3 is 0 Å². The summed E-state index contributed by atoms with van der Waals surface area (Å²) in [5.74, 6) is -0.0290. The summed E-state index contributed by atoms with van der Waals surface area (Å²) in [6, 6.07) is 8.84. The largest absolute Gasteiger partial charge is 0.492 e. The van der Waals surface area contributed by atoms with Gasteiger partial charge in [-0.25, -0.2) is 4.39 Å². The van der Waals surface area contributed by atoms with Gasteiger partial charge < -0.3 is 29.4 Å². The zero-order valence-electron chi connectivity index (χ0n) is 21.6. The Morgan fingerprint density at radius 2 is 2.08 bits per heavy atom. The summed E-state index contributed by atoms with van der Waals surface area (Å²) in [6.45, 7) is 3.61. The maximum absolute atomic E-state index is 12.3. The van der Waals surface area contributed by atoms with Crippen LogP contribution in [0.1, 0.15) is 18.4 Å². The Balaban J connectivity index is 0.000000336. The second-order valence-corrected chi connectivity index (χ2v) is 8.61. The second kappa shape index (κ2) is 13.9. The number of likely N-dealkylation sites (N-methyl/N-ethyl adjacent to an activating group) is 1. The van der Waals surface area contributed by atoms with Crippen molar-refractivity contribution < 1.29 is 28.2 Å². The summed E-state index contributed by atoms with van der Waals surface area (Å²) in [5, 5.41) is 6.91. The minimum Gasteiger partial charge on any atom is -0.492 e. The van der Waals surface area contributed by atoms with E-state index in [9.17, 15) is 18.8 Å². The van der Waals surface area contributed by atoms with Crippen molar-refractivity contribution in [2.24, 2.45) is 0 Å². The lowest BCUT2D eigenvalue weighted by atomic mass is 10.2. The third-order valence-corrected chi connectivity index (χ3v) is 5.62. The number of nitrogens with one attached hydrogen (secondary N) is 2. The van der Waals surface area contributed by atoms with Crippen LogP contribution in [-0.2, 0) is 20.9 Å². The molecule has 1 unspecified atom stereocenters. The fourth-order valence-electron chi connectivity index (χ4n) is 3.39. The number of rotatable bonds is 9. The highest BCUT2D eigenvalue weighted by Crippen LogP contribution is 2.15. The van der Waals surface area contributed by atoms with E-state index < -0.39 is 17.3 Å². The summed E-state index contributed by atoms with van der Waals surface area (Å²) in [6.07, 6.45) is 5.35. The second-order valence-electron chi connectivity index (χ2n) is 8.61. The van der Waals surface area contributed by atoms with Crippen LogP contribution in [0.15, 0.2) is 53.7 Å². The smallest absolute Gasteiger partial charge is 0.253 e. The van der Waals surface area contributed by atoms with Gasteiger partial charge in [0.25, 0.3) is 5.91 Å². The van der Waals surface area contributed by atoms with Crippen molar-refractivity contribution in [3.8, 4) is 11.6 Å². The summed E-state index contributed by atoms with van der Waals surface area (Å²) in [7, 11) is 3.12. The SMILES string of the molecule is COc1cc(=O)c(F)c[nH]1.Cc1ccc(OCCN(C)C(=O)Cn2cc(NC(=O)C3CCCO3)cn2)cc1. The van der Waals surface area contributed by atoms with E-state index in [1.54, 1.807) is 18.1 Å². The average Bonchev–Trinajstić information content (AvgIpc) is 3.60. The highest BCUT2D eigenvalue weighted by atomic mass is 19.1. The fourth-order valence-corrected chi connectivity index (χ4v) is 3.39. The molecule has 1 aliphatic heterocycles. The Bertz CT molecular complexity index is 1250. The Labute approximate surface area is 219 Å². The van der Waals surface area contributed by atoms with Gasteiger partial charge in [-0.1, -0.05) is 17.7 Å². The van der Waals surface area contributed by atoms with E-state index in [2.05, 4.69) is 20.1 Å². The molecule has 2 aromatic heterocycles. The molecule has 4 rings (SSSR count). The number of nitrogens with zero attached hydrogens (tertiary/aromatic N) is 3. The van der Waals surface area contributed by atoms with Crippen LogP contribution in [0.25, 0.3) is 0 Å². The minimum absolute atomic E-state index is 0.0902. The lowest BCUT2D eigenvalue weighted by Crippen LogP contribution is -2.33. The van der Waals surface area contributed by atoms with E-state index in [1.165, 1.54) is 23.6 Å². The van der Waals surface area contributed by atoms with Crippen LogP contribution in [-0.4, -0.2) is 71.5 Å². The van der Waals surface area contributed by atoms with Crippen molar-refractivity contribution >= 4 is 17.5 Å². The minimum atomic E-state index is -0.805. The molecule has 204 valence electrons. The molecule has 0 saturated carbocycles. The Morgan fingerprint density at radius 1 is 1.32 bits per heavy atom. The van der Waals surface area contributed by atoms with Gasteiger partial charge in [0.2, 0.25) is 11.3 Å². The number of ether oxygens (including phenoxy) is 3. The lowest BCUT2D eigenvalue weighted by Gasteiger charge is -2.17.